The zero-order valence-electron chi connectivity index (χ0n) is 18.6. The van der Waals surface area contributed by atoms with E-state index in [1.165, 1.54) is 18.9 Å². The van der Waals surface area contributed by atoms with Gasteiger partial charge in [-0.25, -0.2) is 9.78 Å². The highest BCUT2D eigenvalue weighted by Gasteiger charge is 2.17. The third-order valence-electron chi connectivity index (χ3n) is 5.13. The first kappa shape index (κ1) is 23.1. The molecule has 0 spiro atoms. The fraction of sp³-hybridized carbons (Fsp3) is 0.435. The molecule has 0 radical (unpaired) electrons. The quantitative estimate of drug-likeness (QED) is 0.279. The minimum atomic E-state index is -0.514. The average molecular weight is 444 g/mol. The normalized spacial score (nSPS) is 11.7. The van der Waals surface area contributed by atoms with E-state index < -0.39 is 5.97 Å². The van der Waals surface area contributed by atoms with Crippen molar-refractivity contribution in [3.8, 4) is 0 Å². The molecule has 0 aliphatic heterocycles. The Morgan fingerprint density at radius 2 is 1.87 bits per heavy atom. The number of carbonyl (C=O) groups excluding carboxylic acids is 1. The van der Waals surface area contributed by atoms with Crippen molar-refractivity contribution < 1.29 is 13.9 Å². The van der Waals surface area contributed by atoms with Gasteiger partial charge in [0.25, 0.3) is 5.56 Å². The van der Waals surface area contributed by atoms with Crippen LogP contribution in [0.4, 0.5) is 0 Å². The molecule has 0 fully saturated rings. The van der Waals surface area contributed by atoms with E-state index in [-0.39, 0.29) is 11.3 Å². The number of hydrogen-bond acceptors (Lipinski definition) is 7. The fourth-order valence-electron chi connectivity index (χ4n) is 3.58. The van der Waals surface area contributed by atoms with Crippen molar-refractivity contribution in [1.29, 1.82) is 0 Å². The molecular weight excluding hydrogens is 414 g/mol. The predicted octanol–water partition coefficient (Wildman–Crippen LogP) is 4.19. The number of fused-ring (bicyclic) bond motifs is 1. The Labute approximate surface area is 186 Å². The maximum absolute atomic E-state index is 13.3. The standard InChI is InChI=1S/C23H29N3O4S/c1-15(2)25(16(3)4)12-13-26-21(27)18-8-6-7-9-19(18)24-23(26)31-14-17-10-11-20(30-17)22(28)29-5/h6-11,15-16H,12-14H2,1-5H3. The molecule has 0 bridgehead atoms. The third-order valence-corrected chi connectivity index (χ3v) is 6.13. The van der Waals surface area contributed by atoms with Gasteiger partial charge in [-0.15, -0.1) is 0 Å². The van der Waals surface area contributed by atoms with Gasteiger partial charge in [0.05, 0.1) is 23.8 Å². The van der Waals surface area contributed by atoms with Crippen LogP contribution in [0.1, 0.15) is 44.0 Å². The molecule has 3 rings (SSSR count). The monoisotopic (exact) mass is 443 g/mol. The smallest absolute Gasteiger partial charge is 0.373 e. The van der Waals surface area contributed by atoms with Crippen LogP contribution in [0.2, 0.25) is 0 Å². The zero-order valence-corrected chi connectivity index (χ0v) is 19.4. The minimum absolute atomic E-state index is 0.0461. The van der Waals surface area contributed by atoms with E-state index in [2.05, 4.69) is 37.3 Å². The highest BCUT2D eigenvalue weighted by atomic mass is 32.2. The van der Waals surface area contributed by atoms with Crippen LogP contribution in [0.5, 0.6) is 0 Å². The van der Waals surface area contributed by atoms with Crippen LogP contribution < -0.4 is 5.56 Å². The lowest BCUT2D eigenvalue weighted by Gasteiger charge is -2.30. The van der Waals surface area contributed by atoms with Crippen LogP contribution in [0.3, 0.4) is 0 Å². The second-order valence-electron chi connectivity index (χ2n) is 7.84. The number of thioether (sulfide) groups is 1. The highest BCUT2D eigenvalue weighted by molar-refractivity contribution is 7.98. The molecule has 0 aliphatic carbocycles. The summed E-state index contributed by atoms with van der Waals surface area (Å²) in [6.45, 7) is 9.93. The molecule has 31 heavy (non-hydrogen) atoms. The van der Waals surface area contributed by atoms with E-state index in [0.717, 1.165) is 6.54 Å². The number of furan rings is 1. The number of aromatic nitrogens is 2. The summed E-state index contributed by atoms with van der Waals surface area (Å²) in [5.41, 5.74) is 0.626. The number of hydrogen-bond donors (Lipinski definition) is 0. The molecule has 8 heteroatoms. The number of ether oxygens (including phenoxy) is 1. The summed E-state index contributed by atoms with van der Waals surface area (Å²) in [7, 11) is 1.31. The van der Waals surface area contributed by atoms with Gasteiger partial charge in [-0.05, 0) is 52.0 Å². The van der Waals surface area contributed by atoms with Crippen LogP contribution in [-0.2, 0) is 17.0 Å². The van der Waals surface area contributed by atoms with Crippen LogP contribution in [-0.4, -0.2) is 46.2 Å². The Kier molecular flexibility index (Phi) is 7.56. The van der Waals surface area contributed by atoms with Crippen molar-refractivity contribution in [3.63, 3.8) is 0 Å². The number of esters is 1. The SMILES string of the molecule is COC(=O)c1ccc(CSc2nc3ccccc3c(=O)n2CCN(C(C)C)C(C)C)o1. The molecule has 0 N–H and O–H groups in total. The van der Waals surface area contributed by atoms with Crippen molar-refractivity contribution in [2.75, 3.05) is 13.7 Å². The number of methoxy groups -OCH3 is 1. The summed E-state index contributed by atoms with van der Waals surface area (Å²) in [6, 6.07) is 11.5. The molecule has 2 heterocycles. The molecule has 0 amide bonds. The largest absolute Gasteiger partial charge is 0.463 e. The van der Waals surface area contributed by atoms with Gasteiger partial charge in [0, 0.05) is 25.2 Å². The third kappa shape index (κ3) is 5.37. The van der Waals surface area contributed by atoms with E-state index in [9.17, 15) is 9.59 Å². The van der Waals surface area contributed by atoms with Crippen molar-refractivity contribution in [2.24, 2.45) is 0 Å². The summed E-state index contributed by atoms with van der Waals surface area (Å²) in [6.07, 6.45) is 0. The van der Waals surface area contributed by atoms with Gasteiger partial charge in [-0.2, -0.15) is 0 Å². The van der Waals surface area contributed by atoms with E-state index in [0.29, 0.717) is 46.2 Å². The average Bonchev–Trinajstić information content (AvgIpc) is 3.22. The van der Waals surface area contributed by atoms with E-state index in [1.54, 1.807) is 16.7 Å². The summed E-state index contributed by atoms with van der Waals surface area (Å²) < 4.78 is 12.0. The molecule has 0 atom stereocenters. The fourth-order valence-corrected chi connectivity index (χ4v) is 4.50. The maximum Gasteiger partial charge on any atom is 0.373 e. The van der Waals surface area contributed by atoms with E-state index in [1.807, 2.05) is 24.3 Å². The first-order chi connectivity index (χ1) is 14.8. The number of rotatable bonds is 9. The molecule has 2 aromatic heterocycles. The van der Waals surface area contributed by atoms with E-state index in [4.69, 9.17) is 9.40 Å². The molecule has 0 saturated heterocycles. The van der Waals surface area contributed by atoms with Crippen molar-refractivity contribution in [1.82, 2.24) is 14.5 Å². The van der Waals surface area contributed by atoms with Crippen LogP contribution in [0.15, 0.2) is 50.8 Å². The van der Waals surface area contributed by atoms with Crippen LogP contribution >= 0.6 is 11.8 Å². The molecule has 0 aliphatic rings. The summed E-state index contributed by atoms with van der Waals surface area (Å²) in [4.78, 5) is 32.0. The first-order valence-corrected chi connectivity index (χ1v) is 11.4. The van der Waals surface area contributed by atoms with Gasteiger partial charge in [0.2, 0.25) is 5.76 Å². The highest BCUT2D eigenvalue weighted by Crippen LogP contribution is 2.24. The lowest BCUT2D eigenvalue weighted by atomic mass is 10.2. The lowest BCUT2D eigenvalue weighted by Crippen LogP contribution is -2.40. The molecule has 166 valence electrons. The zero-order chi connectivity index (χ0) is 22.5. The Hall–Kier alpha value is -2.58. The number of para-hydroxylation sites is 1. The molecule has 7 nitrogen and oxygen atoms in total. The molecule has 1 aromatic carbocycles. The Bertz CT molecular complexity index is 1100. The van der Waals surface area contributed by atoms with Crippen molar-refractivity contribution >= 4 is 28.6 Å². The van der Waals surface area contributed by atoms with E-state index >= 15 is 0 Å². The second-order valence-corrected chi connectivity index (χ2v) is 8.78. The minimum Gasteiger partial charge on any atom is -0.463 e. The van der Waals surface area contributed by atoms with Gasteiger partial charge in [0.1, 0.15) is 5.76 Å². The summed E-state index contributed by atoms with van der Waals surface area (Å²) in [5.74, 6) is 0.705. The second kappa shape index (κ2) is 10.2. The Morgan fingerprint density at radius 3 is 2.55 bits per heavy atom. The lowest BCUT2D eigenvalue weighted by molar-refractivity contribution is 0.0563. The Morgan fingerprint density at radius 1 is 1.16 bits per heavy atom. The first-order valence-electron chi connectivity index (χ1n) is 10.4. The van der Waals surface area contributed by atoms with Gasteiger partial charge in [-0.1, -0.05) is 23.9 Å². The summed E-state index contributed by atoms with van der Waals surface area (Å²) >= 11 is 1.42. The predicted molar refractivity (Wildman–Crippen MR) is 123 cm³/mol. The van der Waals surface area contributed by atoms with Crippen molar-refractivity contribution in [3.05, 3.63) is 58.3 Å². The maximum atomic E-state index is 13.3. The van der Waals surface area contributed by atoms with Crippen molar-refractivity contribution in [2.45, 2.75) is 57.2 Å². The number of nitrogens with zero attached hydrogens (tertiary/aromatic N) is 3. The topological polar surface area (TPSA) is 77.6 Å². The van der Waals surface area contributed by atoms with Gasteiger partial charge in [-0.3, -0.25) is 14.3 Å². The van der Waals surface area contributed by atoms with Crippen LogP contribution in [0.25, 0.3) is 10.9 Å². The molecule has 0 unspecified atom stereocenters. The summed E-state index contributed by atoms with van der Waals surface area (Å²) in [5, 5.41) is 1.24. The molecule has 0 saturated carbocycles. The number of carbonyl (C=O) groups is 1. The van der Waals surface area contributed by atoms with Gasteiger partial charge >= 0.3 is 5.97 Å². The van der Waals surface area contributed by atoms with Crippen LogP contribution in [0, 0.1) is 0 Å². The Balaban J connectivity index is 1.89. The van der Waals surface area contributed by atoms with Gasteiger partial charge < -0.3 is 9.15 Å². The molecular formula is C23H29N3O4S. The molecule has 3 aromatic rings. The number of benzene rings is 1. The van der Waals surface area contributed by atoms with Gasteiger partial charge in [0.15, 0.2) is 5.16 Å².